The lowest BCUT2D eigenvalue weighted by Gasteiger charge is -1.96. The van der Waals surface area contributed by atoms with Crippen molar-refractivity contribution in [2.24, 2.45) is 0 Å². The van der Waals surface area contributed by atoms with Crippen LogP contribution in [0.3, 0.4) is 0 Å². The third-order valence-corrected chi connectivity index (χ3v) is 1.34. The number of aryl methyl sites for hydroxylation is 1. The van der Waals surface area contributed by atoms with Gasteiger partial charge in [-0.1, -0.05) is 0 Å². The van der Waals surface area contributed by atoms with E-state index in [9.17, 15) is 4.79 Å². The molecular formula is C6H9NO3. The van der Waals surface area contributed by atoms with Gasteiger partial charge in [0.05, 0.1) is 11.7 Å². The maximum absolute atomic E-state index is 10.8. The van der Waals surface area contributed by atoms with E-state index in [1.54, 1.807) is 6.92 Å². The van der Waals surface area contributed by atoms with Crippen molar-refractivity contribution < 1.29 is 9.63 Å². The van der Waals surface area contributed by atoms with Crippen LogP contribution >= 0.6 is 0 Å². The third kappa shape index (κ3) is 0.974. The number of hydrogen-bond acceptors (Lipinski definition) is 3. The summed E-state index contributed by atoms with van der Waals surface area (Å²) in [4.78, 5) is 10.8. The molecule has 1 aromatic heterocycles. The first kappa shape index (κ1) is 7.08. The average Bonchev–Trinajstić information content (AvgIpc) is 2.11. The second-order valence-corrected chi connectivity index (χ2v) is 2.18. The van der Waals surface area contributed by atoms with Crippen molar-refractivity contribution in [3.8, 4) is 0 Å². The largest absolute Gasteiger partial charge is 0.388 e. The van der Waals surface area contributed by atoms with Crippen LogP contribution in [0.5, 0.6) is 0 Å². The second kappa shape index (κ2) is 2.30. The molecule has 0 aliphatic carbocycles. The van der Waals surface area contributed by atoms with E-state index < -0.39 is 6.10 Å². The number of aliphatic hydroxyl groups excluding tert-OH is 1. The molecule has 0 amide bonds. The zero-order valence-electron chi connectivity index (χ0n) is 5.84. The smallest absolute Gasteiger partial charge is 0.285 e. The van der Waals surface area contributed by atoms with Crippen LogP contribution in [0.1, 0.15) is 24.4 Å². The lowest BCUT2D eigenvalue weighted by atomic mass is 10.2. The molecule has 0 spiro atoms. The Bertz CT molecular complexity index is 271. The molecule has 0 aromatic carbocycles. The van der Waals surface area contributed by atoms with Crippen LogP contribution in [-0.4, -0.2) is 10.3 Å². The molecule has 1 atom stereocenters. The number of rotatable bonds is 1. The fraction of sp³-hybridized carbons (Fsp3) is 0.500. The number of aromatic amines is 1. The Morgan fingerprint density at radius 2 is 2.30 bits per heavy atom. The molecule has 1 aromatic rings. The highest BCUT2D eigenvalue weighted by Gasteiger charge is 2.12. The molecule has 0 saturated heterocycles. The van der Waals surface area contributed by atoms with Gasteiger partial charge in [-0.25, -0.2) is 0 Å². The van der Waals surface area contributed by atoms with Gasteiger partial charge in [-0.15, -0.1) is 0 Å². The standard InChI is InChI=1S/C6H9NO3/c1-3(8)5-4(2)10-7-6(5)9/h3,8H,1-2H3,(H,7,9). The molecule has 0 fully saturated rings. The minimum atomic E-state index is -0.762. The molecule has 0 bridgehead atoms. The molecule has 0 aliphatic rings. The molecule has 4 heteroatoms. The number of H-pyrrole nitrogens is 1. The number of hydrogen-bond donors (Lipinski definition) is 2. The van der Waals surface area contributed by atoms with Gasteiger partial charge in [0, 0.05) is 0 Å². The molecular weight excluding hydrogens is 134 g/mol. The van der Waals surface area contributed by atoms with Gasteiger partial charge < -0.3 is 9.63 Å². The lowest BCUT2D eigenvalue weighted by molar-refractivity contribution is 0.196. The summed E-state index contributed by atoms with van der Waals surface area (Å²) in [6.45, 7) is 3.15. The van der Waals surface area contributed by atoms with Crippen molar-refractivity contribution in [3.05, 3.63) is 21.7 Å². The maximum Gasteiger partial charge on any atom is 0.285 e. The first-order valence-electron chi connectivity index (χ1n) is 2.99. The fourth-order valence-corrected chi connectivity index (χ4v) is 0.877. The summed E-state index contributed by atoms with van der Waals surface area (Å²) in [5.41, 5.74) is -0.0486. The zero-order valence-corrected chi connectivity index (χ0v) is 5.84. The quantitative estimate of drug-likeness (QED) is 0.595. The van der Waals surface area contributed by atoms with Crippen LogP contribution < -0.4 is 5.56 Å². The molecule has 0 aliphatic heterocycles. The highest BCUT2D eigenvalue weighted by molar-refractivity contribution is 5.13. The lowest BCUT2D eigenvalue weighted by Crippen LogP contribution is -2.08. The van der Waals surface area contributed by atoms with Gasteiger partial charge in [-0.3, -0.25) is 4.79 Å². The summed E-state index contributed by atoms with van der Waals surface area (Å²) in [5, 5.41) is 11.1. The summed E-state index contributed by atoms with van der Waals surface area (Å²) in [6, 6.07) is 0. The summed E-state index contributed by atoms with van der Waals surface area (Å²) >= 11 is 0. The summed E-state index contributed by atoms with van der Waals surface area (Å²) < 4.78 is 4.66. The Labute approximate surface area is 57.4 Å². The van der Waals surface area contributed by atoms with Crippen molar-refractivity contribution in [2.45, 2.75) is 20.0 Å². The van der Waals surface area contributed by atoms with E-state index in [-0.39, 0.29) is 5.56 Å². The SMILES string of the molecule is Cc1o[nH]c(=O)c1C(C)O. The monoisotopic (exact) mass is 143 g/mol. The first-order valence-corrected chi connectivity index (χ1v) is 2.99. The van der Waals surface area contributed by atoms with E-state index in [1.807, 2.05) is 0 Å². The molecule has 10 heavy (non-hydrogen) atoms. The second-order valence-electron chi connectivity index (χ2n) is 2.18. The number of nitrogens with one attached hydrogen (secondary N) is 1. The van der Waals surface area contributed by atoms with E-state index in [1.165, 1.54) is 6.92 Å². The summed E-state index contributed by atoms with van der Waals surface area (Å²) in [7, 11) is 0. The molecule has 0 saturated carbocycles. The van der Waals surface area contributed by atoms with E-state index in [2.05, 4.69) is 9.68 Å². The topological polar surface area (TPSA) is 66.2 Å². The predicted molar refractivity (Wildman–Crippen MR) is 34.7 cm³/mol. The van der Waals surface area contributed by atoms with Crippen molar-refractivity contribution in [3.63, 3.8) is 0 Å². The Balaban J connectivity index is 3.23. The summed E-state index contributed by atoms with van der Waals surface area (Å²) in [6.07, 6.45) is -0.762. The number of aliphatic hydroxyl groups is 1. The molecule has 56 valence electrons. The minimum absolute atomic E-state index is 0.306. The molecule has 2 N–H and O–H groups in total. The van der Waals surface area contributed by atoms with Gasteiger partial charge >= 0.3 is 0 Å². The maximum atomic E-state index is 10.8. The van der Waals surface area contributed by atoms with Crippen LogP contribution in [0, 0.1) is 6.92 Å². The fourth-order valence-electron chi connectivity index (χ4n) is 0.877. The van der Waals surface area contributed by atoms with Crippen LogP contribution in [0.4, 0.5) is 0 Å². The third-order valence-electron chi connectivity index (χ3n) is 1.34. The van der Waals surface area contributed by atoms with Crippen molar-refractivity contribution in [1.82, 2.24) is 5.16 Å². The summed E-state index contributed by atoms with van der Waals surface area (Å²) in [5.74, 6) is 0.444. The van der Waals surface area contributed by atoms with Crippen LogP contribution in [0.2, 0.25) is 0 Å². The van der Waals surface area contributed by atoms with Gasteiger partial charge in [-0.05, 0) is 13.8 Å². The van der Waals surface area contributed by atoms with E-state index >= 15 is 0 Å². The van der Waals surface area contributed by atoms with Crippen molar-refractivity contribution >= 4 is 0 Å². The predicted octanol–water partition coefficient (Wildman–Crippen LogP) is 0.330. The van der Waals surface area contributed by atoms with E-state index in [0.717, 1.165) is 0 Å². The van der Waals surface area contributed by atoms with E-state index in [0.29, 0.717) is 11.3 Å². The van der Waals surface area contributed by atoms with Gasteiger partial charge in [0.25, 0.3) is 5.56 Å². The Kier molecular flexibility index (Phi) is 1.63. The Morgan fingerprint density at radius 3 is 2.50 bits per heavy atom. The normalized spacial score (nSPS) is 13.5. The molecule has 1 rings (SSSR count). The molecule has 0 radical (unpaired) electrons. The van der Waals surface area contributed by atoms with Crippen LogP contribution in [0.15, 0.2) is 9.32 Å². The highest BCUT2D eigenvalue weighted by atomic mass is 16.5. The molecule has 1 unspecified atom stereocenters. The Morgan fingerprint density at radius 1 is 1.70 bits per heavy atom. The average molecular weight is 143 g/mol. The van der Waals surface area contributed by atoms with Gasteiger partial charge in [0.1, 0.15) is 5.76 Å². The molecule has 1 heterocycles. The Hall–Kier alpha value is -1.03. The van der Waals surface area contributed by atoms with Crippen molar-refractivity contribution in [1.29, 1.82) is 0 Å². The van der Waals surface area contributed by atoms with Gasteiger partial charge in [-0.2, -0.15) is 5.16 Å². The van der Waals surface area contributed by atoms with Crippen LogP contribution in [0.25, 0.3) is 0 Å². The minimum Gasteiger partial charge on any atom is -0.388 e. The van der Waals surface area contributed by atoms with E-state index in [4.69, 9.17) is 5.11 Å². The van der Waals surface area contributed by atoms with Crippen molar-refractivity contribution in [2.75, 3.05) is 0 Å². The zero-order chi connectivity index (χ0) is 7.72. The first-order chi connectivity index (χ1) is 4.63. The molecule has 4 nitrogen and oxygen atoms in total. The van der Waals surface area contributed by atoms with Gasteiger partial charge in [0.15, 0.2) is 0 Å². The van der Waals surface area contributed by atoms with Gasteiger partial charge in [0.2, 0.25) is 0 Å². The highest BCUT2D eigenvalue weighted by Crippen LogP contribution is 2.10. The number of aromatic nitrogens is 1. The van der Waals surface area contributed by atoms with Crippen LogP contribution in [-0.2, 0) is 0 Å².